The van der Waals surface area contributed by atoms with Gasteiger partial charge in [-0.3, -0.25) is 4.90 Å². The Labute approximate surface area is 111 Å². The molecular weight excluding hydrogens is 228 g/mol. The monoisotopic (exact) mass is 256 g/mol. The Bertz CT molecular complexity index is 212. The fourth-order valence-corrected chi connectivity index (χ4v) is 2.94. The van der Waals surface area contributed by atoms with Gasteiger partial charge in [-0.05, 0) is 45.2 Å². The third kappa shape index (κ3) is 4.84. The van der Waals surface area contributed by atoms with Gasteiger partial charge in [-0.15, -0.1) is 0 Å². The predicted molar refractivity (Wildman–Crippen MR) is 72.9 cm³/mol. The number of hydrogen-bond donors (Lipinski definition) is 1. The van der Waals surface area contributed by atoms with Gasteiger partial charge in [0.05, 0.1) is 19.3 Å². The van der Waals surface area contributed by atoms with Crippen LogP contribution in [0.2, 0.25) is 0 Å². The minimum absolute atomic E-state index is 0.511. The first kappa shape index (κ1) is 14.3. The molecule has 0 spiro atoms. The summed E-state index contributed by atoms with van der Waals surface area (Å²) in [7, 11) is 1.83. The third-order valence-electron chi connectivity index (χ3n) is 4.20. The van der Waals surface area contributed by atoms with Crippen molar-refractivity contribution in [1.82, 2.24) is 10.2 Å². The maximum absolute atomic E-state index is 5.40. The second-order valence-corrected chi connectivity index (χ2v) is 5.47. The number of nitrogens with zero attached hydrogens (tertiary/aromatic N) is 1. The molecular formula is C14H28N2O2. The van der Waals surface area contributed by atoms with E-state index in [0.717, 1.165) is 38.9 Å². The second-order valence-electron chi connectivity index (χ2n) is 5.47. The van der Waals surface area contributed by atoms with Crippen molar-refractivity contribution in [2.24, 2.45) is 0 Å². The molecule has 1 aliphatic carbocycles. The summed E-state index contributed by atoms with van der Waals surface area (Å²) >= 11 is 0. The van der Waals surface area contributed by atoms with Crippen molar-refractivity contribution in [2.45, 2.75) is 44.2 Å². The zero-order chi connectivity index (χ0) is 12.6. The molecule has 0 aromatic heterocycles. The van der Waals surface area contributed by atoms with Crippen LogP contribution in [0.5, 0.6) is 0 Å². The lowest BCUT2D eigenvalue weighted by atomic mass is 9.93. The fourth-order valence-electron chi connectivity index (χ4n) is 2.94. The summed E-state index contributed by atoms with van der Waals surface area (Å²) in [6, 6.07) is 0.723. The Kier molecular flexibility index (Phi) is 6.41. The van der Waals surface area contributed by atoms with Crippen LogP contribution in [0.25, 0.3) is 0 Å². The number of ether oxygens (including phenoxy) is 2. The number of nitrogens with one attached hydrogen (secondary N) is 1. The third-order valence-corrected chi connectivity index (χ3v) is 4.20. The van der Waals surface area contributed by atoms with Crippen LogP contribution < -0.4 is 5.32 Å². The summed E-state index contributed by atoms with van der Waals surface area (Å²) in [5.74, 6) is 0. The standard InChI is InChI=1S/C14H28N2O2/c1-17-14-5-3-13(4-6-14)15-7-2-8-16-9-11-18-12-10-16/h13-15H,2-12H2,1H3. The largest absolute Gasteiger partial charge is 0.381 e. The Balaban J connectivity index is 1.48. The molecule has 1 N–H and O–H groups in total. The van der Waals surface area contributed by atoms with Crippen LogP contribution in [0.1, 0.15) is 32.1 Å². The van der Waals surface area contributed by atoms with Crippen LogP contribution in [-0.2, 0) is 9.47 Å². The van der Waals surface area contributed by atoms with E-state index in [-0.39, 0.29) is 0 Å². The first-order valence-corrected chi connectivity index (χ1v) is 7.45. The summed E-state index contributed by atoms with van der Waals surface area (Å²) < 4.78 is 10.8. The van der Waals surface area contributed by atoms with Crippen molar-refractivity contribution in [1.29, 1.82) is 0 Å². The first-order valence-electron chi connectivity index (χ1n) is 7.45. The van der Waals surface area contributed by atoms with Gasteiger partial charge in [0.2, 0.25) is 0 Å². The van der Waals surface area contributed by atoms with E-state index in [0.29, 0.717) is 6.10 Å². The Hall–Kier alpha value is -0.160. The highest BCUT2D eigenvalue weighted by atomic mass is 16.5. The van der Waals surface area contributed by atoms with Gasteiger partial charge >= 0.3 is 0 Å². The minimum Gasteiger partial charge on any atom is -0.381 e. The molecule has 0 atom stereocenters. The van der Waals surface area contributed by atoms with Crippen LogP contribution >= 0.6 is 0 Å². The van der Waals surface area contributed by atoms with Crippen LogP contribution in [0.4, 0.5) is 0 Å². The van der Waals surface area contributed by atoms with Crippen LogP contribution in [0, 0.1) is 0 Å². The average Bonchev–Trinajstić information content (AvgIpc) is 2.45. The second kappa shape index (κ2) is 8.10. The number of morpholine rings is 1. The minimum atomic E-state index is 0.511. The van der Waals surface area contributed by atoms with Gasteiger partial charge in [0.1, 0.15) is 0 Å². The summed E-state index contributed by atoms with van der Waals surface area (Å²) in [6.45, 7) is 6.41. The van der Waals surface area contributed by atoms with Crippen molar-refractivity contribution in [3.63, 3.8) is 0 Å². The molecule has 0 amide bonds. The number of methoxy groups -OCH3 is 1. The molecule has 1 saturated heterocycles. The molecule has 0 unspecified atom stereocenters. The Morgan fingerprint density at radius 2 is 1.89 bits per heavy atom. The van der Waals surface area contributed by atoms with Crippen molar-refractivity contribution in [2.75, 3.05) is 46.5 Å². The summed E-state index contributed by atoms with van der Waals surface area (Å²) in [5.41, 5.74) is 0. The molecule has 2 aliphatic rings. The lowest BCUT2D eigenvalue weighted by molar-refractivity contribution is 0.0370. The highest BCUT2D eigenvalue weighted by Gasteiger charge is 2.20. The molecule has 2 rings (SSSR count). The number of rotatable bonds is 6. The average molecular weight is 256 g/mol. The lowest BCUT2D eigenvalue weighted by Crippen LogP contribution is -2.39. The lowest BCUT2D eigenvalue weighted by Gasteiger charge is -2.29. The van der Waals surface area contributed by atoms with E-state index in [2.05, 4.69) is 10.2 Å². The Morgan fingerprint density at radius 1 is 1.17 bits per heavy atom. The van der Waals surface area contributed by atoms with E-state index in [1.807, 2.05) is 7.11 Å². The first-order chi connectivity index (χ1) is 8.88. The molecule has 0 bridgehead atoms. The van der Waals surface area contributed by atoms with Gasteiger partial charge in [0.25, 0.3) is 0 Å². The molecule has 2 fully saturated rings. The normalized spacial score (nSPS) is 30.5. The van der Waals surface area contributed by atoms with Gasteiger partial charge in [-0.25, -0.2) is 0 Å². The number of hydrogen-bond acceptors (Lipinski definition) is 4. The highest BCUT2D eigenvalue weighted by Crippen LogP contribution is 2.20. The van der Waals surface area contributed by atoms with E-state index in [1.54, 1.807) is 0 Å². The molecule has 4 nitrogen and oxygen atoms in total. The van der Waals surface area contributed by atoms with Gasteiger partial charge in [-0.1, -0.05) is 0 Å². The van der Waals surface area contributed by atoms with Crippen LogP contribution in [0.3, 0.4) is 0 Å². The maximum Gasteiger partial charge on any atom is 0.0594 e. The van der Waals surface area contributed by atoms with Gasteiger partial charge < -0.3 is 14.8 Å². The Morgan fingerprint density at radius 3 is 2.56 bits per heavy atom. The molecule has 4 heteroatoms. The summed E-state index contributed by atoms with van der Waals surface area (Å²) in [4.78, 5) is 2.51. The molecule has 1 heterocycles. The van der Waals surface area contributed by atoms with Gasteiger partial charge in [0.15, 0.2) is 0 Å². The van der Waals surface area contributed by atoms with Crippen molar-refractivity contribution in [3.8, 4) is 0 Å². The van der Waals surface area contributed by atoms with Crippen LogP contribution in [0.15, 0.2) is 0 Å². The van der Waals surface area contributed by atoms with Crippen molar-refractivity contribution < 1.29 is 9.47 Å². The zero-order valence-corrected chi connectivity index (χ0v) is 11.7. The van der Waals surface area contributed by atoms with Crippen molar-refractivity contribution in [3.05, 3.63) is 0 Å². The van der Waals surface area contributed by atoms with Crippen molar-refractivity contribution >= 4 is 0 Å². The maximum atomic E-state index is 5.40. The molecule has 0 radical (unpaired) electrons. The van der Waals surface area contributed by atoms with Gasteiger partial charge in [0, 0.05) is 26.2 Å². The predicted octanol–water partition coefficient (Wildman–Crippen LogP) is 1.26. The van der Waals surface area contributed by atoms with Gasteiger partial charge in [-0.2, -0.15) is 0 Å². The quantitative estimate of drug-likeness (QED) is 0.725. The zero-order valence-electron chi connectivity index (χ0n) is 11.7. The molecule has 106 valence electrons. The fraction of sp³-hybridized carbons (Fsp3) is 1.00. The van der Waals surface area contributed by atoms with E-state index < -0.39 is 0 Å². The van der Waals surface area contributed by atoms with E-state index in [4.69, 9.17) is 9.47 Å². The smallest absolute Gasteiger partial charge is 0.0594 e. The van der Waals surface area contributed by atoms with Crippen LogP contribution in [-0.4, -0.2) is 63.5 Å². The summed E-state index contributed by atoms with van der Waals surface area (Å²) in [6.07, 6.45) is 6.75. The summed E-state index contributed by atoms with van der Waals surface area (Å²) in [5, 5.41) is 3.69. The highest BCUT2D eigenvalue weighted by molar-refractivity contribution is 4.77. The van der Waals surface area contributed by atoms with E-state index in [9.17, 15) is 0 Å². The molecule has 1 aliphatic heterocycles. The van der Waals surface area contributed by atoms with E-state index >= 15 is 0 Å². The molecule has 1 saturated carbocycles. The molecule has 0 aromatic carbocycles. The SMILES string of the molecule is COC1CCC(NCCCN2CCOCC2)CC1. The topological polar surface area (TPSA) is 33.7 Å². The molecule has 0 aromatic rings. The van der Waals surface area contributed by atoms with E-state index in [1.165, 1.54) is 38.6 Å². The molecule has 18 heavy (non-hydrogen) atoms.